The number of carbonyl (C=O) groups is 4. The summed E-state index contributed by atoms with van der Waals surface area (Å²) < 4.78 is 0. The summed E-state index contributed by atoms with van der Waals surface area (Å²) in [5, 5.41) is 13.1. The van der Waals surface area contributed by atoms with Crippen LogP contribution in [0.1, 0.15) is 73.1 Å². The summed E-state index contributed by atoms with van der Waals surface area (Å²) in [6.45, 7) is 10.7. The minimum atomic E-state index is -0.435. The maximum atomic E-state index is 12.2. The van der Waals surface area contributed by atoms with Gasteiger partial charge in [0.2, 0.25) is 17.7 Å². The van der Waals surface area contributed by atoms with Crippen LogP contribution in [0.15, 0.2) is 10.2 Å². The second-order valence-corrected chi connectivity index (χ2v) is 9.54. The number of nitrogens with zero attached hydrogens (tertiary/aromatic N) is 3. The third-order valence-corrected chi connectivity index (χ3v) is 4.79. The Bertz CT molecular complexity index is 815. The third-order valence-electron chi connectivity index (χ3n) is 4.79. The zero-order valence-electron chi connectivity index (χ0n) is 21.9. The Labute approximate surface area is 210 Å². The van der Waals surface area contributed by atoms with Crippen molar-refractivity contribution >= 4 is 23.5 Å². The van der Waals surface area contributed by atoms with Gasteiger partial charge in [-0.3, -0.25) is 19.2 Å². The predicted octanol–water partition coefficient (Wildman–Crippen LogP) is 2.70. The highest BCUT2D eigenvalue weighted by Gasteiger charge is 2.34. The highest BCUT2D eigenvalue weighted by molar-refractivity contribution is 5.86. The Morgan fingerprint density at radius 3 is 1.97 bits per heavy atom. The van der Waals surface area contributed by atoms with Gasteiger partial charge in [0.05, 0.1) is 19.6 Å². The first-order valence-electron chi connectivity index (χ1n) is 12.1. The first-order valence-corrected chi connectivity index (χ1v) is 12.1. The van der Waals surface area contributed by atoms with Crippen LogP contribution in [0.4, 0.5) is 0 Å². The molecule has 0 aromatic rings. The summed E-state index contributed by atoms with van der Waals surface area (Å²) in [6, 6.07) is 0. The molecule has 0 fully saturated rings. The van der Waals surface area contributed by atoms with Gasteiger partial charge in [0.1, 0.15) is 0 Å². The summed E-state index contributed by atoms with van der Waals surface area (Å²) in [6.07, 6.45) is 12.9. The number of ketones is 1. The van der Waals surface area contributed by atoms with Gasteiger partial charge in [-0.2, -0.15) is 10.2 Å². The number of hydrogen-bond donors (Lipinski definition) is 2. The molecule has 0 unspecified atom stereocenters. The van der Waals surface area contributed by atoms with Crippen molar-refractivity contribution in [3.05, 3.63) is 0 Å². The van der Waals surface area contributed by atoms with Gasteiger partial charge >= 0.3 is 0 Å². The highest BCUT2D eigenvalue weighted by Crippen LogP contribution is 2.32. The maximum absolute atomic E-state index is 12.2. The van der Waals surface area contributed by atoms with E-state index in [1.54, 1.807) is 0 Å². The highest BCUT2D eigenvalue weighted by atomic mass is 16.2. The van der Waals surface area contributed by atoms with E-state index >= 15 is 0 Å². The smallest absolute Gasteiger partial charge is 0.223 e. The van der Waals surface area contributed by atoms with E-state index in [0.29, 0.717) is 57.0 Å². The van der Waals surface area contributed by atoms with Crippen molar-refractivity contribution in [2.45, 2.75) is 78.8 Å². The lowest BCUT2D eigenvalue weighted by Crippen LogP contribution is -2.36. The zero-order valence-corrected chi connectivity index (χ0v) is 21.9. The van der Waals surface area contributed by atoms with E-state index in [2.05, 4.69) is 32.7 Å². The largest absolute Gasteiger partial charge is 0.356 e. The second-order valence-electron chi connectivity index (χ2n) is 9.54. The van der Waals surface area contributed by atoms with Crippen molar-refractivity contribution in [1.82, 2.24) is 15.5 Å². The fraction of sp³-hybridized carbons (Fsp3) is 0.692. The Kier molecular flexibility index (Phi) is 15.7. The molecule has 0 aromatic heterocycles. The van der Waals surface area contributed by atoms with Crippen LogP contribution in [0, 0.1) is 36.5 Å². The second kappa shape index (κ2) is 17.3. The van der Waals surface area contributed by atoms with Crippen LogP contribution < -0.4 is 10.6 Å². The zero-order chi connectivity index (χ0) is 26.9. The van der Waals surface area contributed by atoms with Crippen LogP contribution in [0.2, 0.25) is 0 Å². The van der Waals surface area contributed by atoms with Gasteiger partial charge < -0.3 is 15.5 Å². The van der Waals surface area contributed by atoms with Gasteiger partial charge in [-0.05, 0) is 25.2 Å². The van der Waals surface area contributed by atoms with Crippen LogP contribution in [0.3, 0.4) is 0 Å². The molecule has 194 valence electrons. The van der Waals surface area contributed by atoms with Gasteiger partial charge in [-0.1, -0.05) is 39.5 Å². The van der Waals surface area contributed by atoms with E-state index in [4.69, 9.17) is 12.8 Å². The summed E-state index contributed by atoms with van der Waals surface area (Å²) in [7, 11) is 0. The van der Waals surface area contributed by atoms with Crippen molar-refractivity contribution in [1.29, 1.82) is 0 Å². The molecule has 2 N–H and O–H groups in total. The molecule has 0 spiro atoms. The molecule has 0 aromatic carbocycles. The first kappa shape index (κ1) is 31.8. The average molecular weight is 488 g/mol. The van der Waals surface area contributed by atoms with Crippen molar-refractivity contribution in [3.63, 3.8) is 0 Å². The molecule has 1 aliphatic heterocycles. The lowest BCUT2D eigenvalue weighted by molar-refractivity contribution is -0.135. The third kappa shape index (κ3) is 17.9. The maximum Gasteiger partial charge on any atom is 0.223 e. The number of Topliss-reactive ketones (excluding diaryl/α,β-unsaturated/α-hetero) is 1. The van der Waals surface area contributed by atoms with Crippen LogP contribution in [0.25, 0.3) is 0 Å². The van der Waals surface area contributed by atoms with E-state index in [1.165, 1.54) is 4.90 Å². The Morgan fingerprint density at radius 1 is 0.914 bits per heavy atom. The molecule has 9 heteroatoms. The van der Waals surface area contributed by atoms with E-state index in [0.717, 1.165) is 0 Å². The molecule has 0 atom stereocenters. The van der Waals surface area contributed by atoms with Crippen molar-refractivity contribution in [2.24, 2.45) is 22.1 Å². The number of carbonyl (C=O) groups excluding carboxylic acids is 4. The quantitative estimate of drug-likeness (QED) is 0.272. The molecule has 0 bridgehead atoms. The van der Waals surface area contributed by atoms with Gasteiger partial charge in [-0.25, -0.2) is 0 Å². The van der Waals surface area contributed by atoms with Crippen LogP contribution >= 0.6 is 0 Å². The summed E-state index contributed by atoms with van der Waals surface area (Å²) in [5.74, 6) is 5.28. The topological polar surface area (TPSA) is 120 Å². The SMILES string of the molecule is C#CCN(CC(=O)CCCNC(=O)CC(C)C)C(=O)CCC1(C)N=N1.C#CCNC(=O)CC(C)C. The van der Waals surface area contributed by atoms with E-state index < -0.39 is 5.66 Å². The molecule has 1 heterocycles. The number of nitrogens with one attached hydrogen (secondary N) is 2. The monoisotopic (exact) mass is 487 g/mol. The van der Waals surface area contributed by atoms with Crippen LogP contribution in [0.5, 0.6) is 0 Å². The lowest BCUT2D eigenvalue weighted by Gasteiger charge is -2.20. The molecule has 0 aliphatic carbocycles. The predicted molar refractivity (Wildman–Crippen MR) is 136 cm³/mol. The molecule has 0 radical (unpaired) electrons. The molecule has 0 saturated heterocycles. The first-order chi connectivity index (χ1) is 16.4. The molecular formula is C26H41N5O4. The Balaban J connectivity index is 0.000000972. The lowest BCUT2D eigenvalue weighted by atomic mass is 10.1. The molecule has 1 aliphatic rings. The number of rotatable bonds is 15. The molecule has 3 amide bonds. The molecule has 35 heavy (non-hydrogen) atoms. The minimum absolute atomic E-state index is 0.00372. The van der Waals surface area contributed by atoms with Crippen molar-refractivity contribution in [2.75, 3.05) is 26.2 Å². The molecule has 1 rings (SSSR count). The number of hydrogen-bond acceptors (Lipinski definition) is 6. The van der Waals surface area contributed by atoms with Gasteiger partial charge in [0.25, 0.3) is 0 Å². The molecule has 9 nitrogen and oxygen atoms in total. The summed E-state index contributed by atoms with van der Waals surface area (Å²) >= 11 is 0. The van der Waals surface area contributed by atoms with E-state index in [9.17, 15) is 19.2 Å². The van der Waals surface area contributed by atoms with E-state index in [-0.39, 0.29) is 43.0 Å². The van der Waals surface area contributed by atoms with Crippen molar-refractivity contribution in [3.8, 4) is 24.7 Å². The van der Waals surface area contributed by atoms with Crippen molar-refractivity contribution < 1.29 is 19.2 Å². The Hall–Kier alpha value is -3.20. The van der Waals surface area contributed by atoms with Gasteiger partial charge in [-0.15, -0.1) is 12.8 Å². The molecule has 0 saturated carbocycles. The van der Waals surface area contributed by atoms with Crippen LogP contribution in [-0.4, -0.2) is 60.2 Å². The Morgan fingerprint density at radius 2 is 1.49 bits per heavy atom. The van der Waals surface area contributed by atoms with Crippen LogP contribution in [-0.2, 0) is 19.2 Å². The summed E-state index contributed by atoms with van der Waals surface area (Å²) in [4.78, 5) is 48.0. The molecular weight excluding hydrogens is 446 g/mol. The standard InChI is InChI=1S/C18H28N4O3.C8H13NO/c1-5-11-22(17(25)8-9-18(4)20-21-18)13-15(23)7-6-10-19-16(24)12-14(2)3;1-4-5-9-8(10)6-7(2)3/h1,14H,6-13H2,2-4H3,(H,19,24);1,7H,5-6H2,2-3H3,(H,9,10). The normalized spacial score (nSPS) is 12.6. The minimum Gasteiger partial charge on any atom is -0.356 e. The summed E-state index contributed by atoms with van der Waals surface area (Å²) in [5.41, 5.74) is -0.435. The van der Waals surface area contributed by atoms with Gasteiger partial charge in [0, 0.05) is 38.6 Å². The fourth-order valence-electron chi connectivity index (χ4n) is 2.87. The van der Waals surface area contributed by atoms with E-state index in [1.807, 2.05) is 34.6 Å². The fourth-order valence-corrected chi connectivity index (χ4v) is 2.87. The van der Waals surface area contributed by atoms with Gasteiger partial charge in [0.15, 0.2) is 11.4 Å². The number of terminal acetylenes is 2. The number of amides is 3. The average Bonchev–Trinajstić information content (AvgIpc) is 3.50.